The summed E-state index contributed by atoms with van der Waals surface area (Å²) in [5, 5.41) is 7.41. The Balaban J connectivity index is 0.000000205. The molecule has 4 rings (SSSR count). The number of hydrogen-bond donors (Lipinski definition) is 1. The number of allylic oxidation sites excluding steroid dienone is 2. The summed E-state index contributed by atoms with van der Waals surface area (Å²) in [5.74, 6) is 1.79. The topological polar surface area (TPSA) is 60.2 Å². The lowest BCUT2D eigenvalue weighted by atomic mass is 10.1. The van der Waals surface area contributed by atoms with E-state index in [0.29, 0.717) is 18.3 Å². The number of halogens is 3. The molecule has 0 amide bonds. The van der Waals surface area contributed by atoms with Gasteiger partial charge in [-0.25, -0.2) is 0 Å². The molecule has 1 fully saturated rings. The predicted molar refractivity (Wildman–Crippen MR) is 121 cm³/mol. The summed E-state index contributed by atoms with van der Waals surface area (Å²) >= 11 is 0. The van der Waals surface area contributed by atoms with Crippen molar-refractivity contribution >= 4 is 5.57 Å². The minimum absolute atomic E-state index is 0.331. The third-order valence-electron chi connectivity index (χ3n) is 5.48. The van der Waals surface area contributed by atoms with Crippen LogP contribution in [0, 0.1) is 0 Å². The summed E-state index contributed by atoms with van der Waals surface area (Å²) in [6.07, 6.45) is -1.08. The van der Waals surface area contributed by atoms with Crippen LogP contribution in [0.2, 0.25) is 0 Å². The number of ether oxygens (including phenoxy) is 1. The van der Waals surface area contributed by atoms with Crippen LogP contribution in [0.3, 0.4) is 0 Å². The van der Waals surface area contributed by atoms with Gasteiger partial charge < -0.3 is 14.6 Å². The van der Waals surface area contributed by atoms with E-state index in [1.165, 1.54) is 30.4 Å². The van der Waals surface area contributed by atoms with Crippen molar-refractivity contribution in [3.63, 3.8) is 0 Å². The molecule has 8 heteroatoms. The fourth-order valence-electron chi connectivity index (χ4n) is 3.39. The minimum Gasteiger partial charge on any atom is -0.380 e. The Morgan fingerprint density at radius 1 is 1.15 bits per heavy atom. The molecular weight excluding hydrogens is 431 g/mol. The normalized spacial score (nSPS) is 16.4. The van der Waals surface area contributed by atoms with Crippen LogP contribution in [-0.4, -0.2) is 30.3 Å². The first-order valence-electron chi connectivity index (χ1n) is 10.7. The molecule has 5 nitrogen and oxygen atoms in total. The highest BCUT2D eigenvalue weighted by molar-refractivity contribution is 5.66. The molecule has 0 saturated carbocycles. The molecule has 1 aromatic heterocycles. The van der Waals surface area contributed by atoms with Crippen molar-refractivity contribution in [1.29, 1.82) is 0 Å². The molecule has 2 heterocycles. The molecular formula is C25H28F3N3O2. The Morgan fingerprint density at radius 3 is 2.39 bits per heavy atom. The van der Waals surface area contributed by atoms with E-state index in [1.807, 2.05) is 19.1 Å². The summed E-state index contributed by atoms with van der Waals surface area (Å²) < 4.78 is 46.4. The maximum atomic E-state index is 12.1. The highest BCUT2D eigenvalue weighted by Gasteiger charge is 2.29. The van der Waals surface area contributed by atoms with E-state index in [0.717, 1.165) is 48.7 Å². The zero-order chi connectivity index (χ0) is 23.8. The molecule has 0 bridgehead atoms. The third-order valence-corrected chi connectivity index (χ3v) is 5.48. The fraction of sp³-hybridized carbons (Fsp3) is 0.360. The van der Waals surface area contributed by atoms with Crippen molar-refractivity contribution in [1.82, 2.24) is 15.5 Å². The first-order valence-corrected chi connectivity index (χ1v) is 10.7. The van der Waals surface area contributed by atoms with Gasteiger partial charge in [-0.15, -0.1) is 0 Å². The van der Waals surface area contributed by atoms with Crippen LogP contribution < -0.4 is 5.32 Å². The van der Waals surface area contributed by atoms with Crippen molar-refractivity contribution in [2.24, 2.45) is 0 Å². The number of benzene rings is 2. The van der Waals surface area contributed by atoms with Crippen LogP contribution in [-0.2, 0) is 17.5 Å². The molecule has 1 N–H and O–H groups in total. The van der Waals surface area contributed by atoms with Crippen LogP contribution >= 0.6 is 0 Å². The molecule has 1 unspecified atom stereocenters. The minimum atomic E-state index is -4.26. The average Bonchev–Trinajstić information content (AvgIpc) is 3.51. The van der Waals surface area contributed by atoms with Gasteiger partial charge in [-0.2, -0.15) is 18.2 Å². The number of nitrogens with one attached hydrogen (secondary N) is 1. The van der Waals surface area contributed by atoms with Gasteiger partial charge in [-0.1, -0.05) is 47.6 Å². The summed E-state index contributed by atoms with van der Waals surface area (Å²) in [7, 11) is 1.50. The maximum Gasteiger partial charge on any atom is 0.416 e. The lowest BCUT2D eigenvalue weighted by molar-refractivity contribution is -0.137. The van der Waals surface area contributed by atoms with Gasteiger partial charge in [0.25, 0.3) is 0 Å². The monoisotopic (exact) mass is 459 g/mol. The lowest BCUT2D eigenvalue weighted by Crippen LogP contribution is -2.08. The van der Waals surface area contributed by atoms with Gasteiger partial charge in [-0.05, 0) is 55.6 Å². The molecule has 1 aliphatic rings. The van der Waals surface area contributed by atoms with E-state index in [1.54, 1.807) is 0 Å². The fourth-order valence-corrected chi connectivity index (χ4v) is 3.39. The quantitative estimate of drug-likeness (QED) is 0.500. The van der Waals surface area contributed by atoms with Crippen LogP contribution in [0.25, 0.3) is 17.0 Å². The van der Waals surface area contributed by atoms with Gasteiger partial charge in [0.05, 0.1) is 18.1 Å². The molecule has 2 aromatic carbocycles. The molecule has 1 atom stereocenters. The van der Waals surface area contributed by atoms with Gasteiger partial charge in [-0.3, -0.25) is 0 Å². The van der Waals surface area contributed by atoms with Crippen molar-refractivity contribution in [3.05, 3.63) is 77.2 Å². The van der Waals surface area contributed by atoms with Gasteiger partial charge in [0.15, 0.2) is 0 Å². The molecule has 1 aliphatic heterocycles. The smallest absolute Gasteiger partial charge is 0.380 e. The van der Waals surface area contributed by atoms with Crippen LogP contribution in [0.4, 0.5) is 13.2 Å². The van der Waals surface area contributed by atoms with Crippen molar-refractivity contribution in [3.8, 4) is 11.4 Å². The van der Waals surface area contributed by atoms with Crippen LogP contribution in [0.15, 0.2) is 59.1 Å². The van der Waals surface area contributed by atoms with Gasteiger partial charge in [0.2, 0.25) is 11.7 Å². The van der Waals surface area contributed by atoms with Crippen molar-refractivity contribution in [2.75, 3.05) is 20.2 Å². The third kappa shape index (κ3) is 6.76. The first kappa shape index (κ1) is 24.7. The maximum absolute atomic E-state index is 12.1. The average molecular weight is 460 g/mol. The van der Waals surface area contributed by atoms with E-state index in [4.69, 9.17) is 9.26 Å². The van der Waals surface area contributed by atoms with Crippen LogP contribution in [0.1, 0.15) is 48.8 Å². The van der Waals surface area contributed by atoms with Crippen molar-refractivity contribution < 1.29 is 22.4 Å². The Morgan fingerprint density at radius 2 is 1.85 bits per heavy atom. The summed E-state index contributed by atoms with van der Waals surface area (Å²) in [6.45, 7) is 6.44. The summed E-state index contributed by atoms with van der Waals surface area (Å²) in [5.41, 5.74) is 3.59. The second-order valence-electron chi connectivity index (χ2n) is 7.82. The van der Waals surface area contributed by atoms with E-state index >= 15 is 0 Å². The van der Waals surface area contributed by atoms with E-state index in [9.17, 15) is 13.2 Å². The second kappa shape index (κ2) is 11.2. The molecule has 0 aliphatic carbocycles. The number of alkyl halides is 3. The van der Waals surface area contributed by atoms with Gasteiger partial charge >= 0.3 is 6.18 Å². The number of hydrogen-bond acceptors (Lipinski definition) is 5. The number of aromatic nitrogens is 2. The number of methoxy groups -OCH3 is 1. The second-order valence-corrected chi connectivity index (χ2v) is 7.82. The van der Waals surface area contributed by atoms with Gasteiger partial charge in [0, 0.05) is 19.2 Å². The van der Waals surface area contributed by atoms with Gasteiger partial charge in [0.1, 0.15) is 0 Å². The Labute approximate surface area is 191 Å². The molecule has 33 heavy (non-hydrogen) atoms. The molecule has 176 valence electrons. The Bertz CT molecular complexity index is 1040. The lowest BCUT2D eigenvalue weighted by Gasteiger charge is -2.06. The summed E-state index contributed by atoms with van der Waals surface area (Å²) in [6, 6.07) is 13.2. The van der Waals surface area contributed by atoms with Crippen LogP contribution in [0.5, 0.6) is 0 Å². The molecule has 1 saturated heterocycles. The Kier molecular flexibility index (Phi) is 8.41. The molecule has 0 spiro atoms. The summed E-state index contributed by atoms with van der Waals surface area (Å²) in [4.78, 5) is 4.52. The molecule has 3 aromatic rings. The zero-order valence-corrected chi connectivity index (χ0v) is 18.9. The number of nitrogens with zero attached hydrogens (tertiary/aromatic N) is 2. The molecule has 0 radical (unpaired) electrons. The Hall–Kier alpha value is -2.97. The van der Waals surface area contributed by atoms with E-state index in [2.05, 4.69) is 40.6 Å². The SMILES string of the molecule is C/C=C(\C)c1ccc(-c2noc(C3CCNC3)n2)cc1.COCc1ccc(C(F)(F)F)cc1. The van der Waals surface area contributed by atoms with E-state index in [-0.39, 0.29) is 0 Å². The highest BCUT2D eigenvalue weighted by Crippen LogP contribution is 2.29. The highest BCUT2D eigenvalue weighted by atomic mass is 19.4. The van der Waals surface area contributed by atoms with E-state index < -0.39 is 11.7 Å². The standard InChI is InChI=1S/C16H19N3O.C9H9F3O/c1-3-11(2)12-4-6-13(7-5-12)15-18-16(20-19-15)14-8-9-17-10-14;1-13-6-7-2-4-8(5-3-7)9(10,11)12/h3-7,14,17H,8-10H2,1-2H3;2-5H,6H2,1H3/b11-3+;. The largest absolute Gasteiger partial charge is 0.416 e. The zero-order valence-electron chi connectivity index (χ0n) is 18.9. The first-order chi connectivity index (χ1) is 15.8. The predicted octanol–water partition coefficient (Wildman–Crippen LogP) is 6.09. The number of rotatable bonds is 5. The van der Waals surface area contributed by atoms with Crippen molar-refractivity contribution in [2.45, 2.75) is 39.0 Å².